The first-order valence-electron chi connectivity index (χ1n) is 8.75. The average molecular weight is 376 g/mol. The molecule has 1 aromatic carbocycles. The van der Waals surface area contributed by atoms with E-state index >= 15 is 0 Å². The summed E-state index contributed by atoms with van der Waals surface area (Å²) >= 11 is 0. The highest BCUT2D eigenvalue weighted by atomic mass is 16.5. The van der Waals surface area contributed by atoms with E-state index in [4.69, 9.17) is 14.6 Å². The molecule has 2 amide bonds. The Balaban J connectivity index is 2.33. The number of hydrogen-bond donors (Lipinski definition) is 3. The molecule has 0 aromatic heterocycles. The van der Waals surface area contributed by atoms with Gasteiger partial charge in [0.1, 0.15) is 11.5 Å². The number of hydrogen-bond acceptors (Lipinski definition) is 5. The van der Waals surface area contributed by atoms with Gasteiger partial charge in [-0.3, -0.25) is 9.59 Å². The summed E-state index contributed by atoms with van der Waals surface area (Å²) in [6.07, 6.45) is 6.06. The number of ether oxygens (including phenoxy) is 2. The largest absolute Gasteiger partial charge is 0.497 e. The summed E-state index contributed by atoms with van der Waals surface area (Å²) < 4.78 is 10.4. The minimum atomic E-state index is -0.203. The van der Waals surface area contributed by atoms with Crippen LogP contribution in [0, 0.1) is 0 Å². The van der Waals surface area contributed by atoms with Crippen molar-refractivity contribution in [1.29, 1.82) is 0 Å². The molecule has 1 rings (SSSR count). The molecule has 0 aliphatic rings. The fourth-order valence-corrected chi connectivity index (χ4v) is 2.23. The lowest BCUT2D eigenvalue weighted by atomic mass is 10.1. The van der Waals surface area contributed by atoms with Crippen LogP contribution < -0.4 is 20.1 Å². The lowest BCUT2D eigenvalue weighted by Crippen LogP contribution is -2.27. The summed E-state index contributed by atoms with van der Waals surface area (Å²) in [7, 11) is 3.15. The maximum absolute atomic E-state index is 11.9. The molecule has 0 heterocycles. The van der Waals surface area contributed by atoms with Gasteiger partial charge < -0.3 is 25.2 Å². The molecule has 0 bridgehead atoms. The fraction of sp³-hybridized carbons (Fsp3) is 0.400. The van der Waals surface area contributed by atoms with Crippen LogP contribution in [-0.2, 0) is 9.59 Å². The number of unbranched alkanes of at least 4 members (excludes halogenated alkanes) is 1. The molecule has 1 aromatic rings. The molecule has 7 heteroatoms. The maximum Gasteiger partial charge on any atom is 0.246 e. The Hall–Kier alpha value is -2.80. The number of benzene rings is 1. The number of carbonyl (C=O) groups excluding carboxylic acids is 2. The van der Waals surface area contributed by atoms with Crippen LogP contribution in [0.5, 0.6) is 11.5 Å². The minimum Gasteiger partial charge on any atom is -0.497 e. The van der Waals surface area contributed by atoms with Crippen molar-refractivity contribution >= 4 is 17.9 Å². The van der Waals surface area contributed by atoms with Crippen LogP contribution in [0.25, 0.3) is 6.08 Å². The smallest absolute Gasteiger partial charge is 0.246 e. The molecule has 0 aliphatic carbocycles. The third kappa shape index (κ3) is 8.42. The summed E-state index contributed by atoms with van der Waals surface area (Å²) in [6.45, 7) is 2.53. The van der Waals surface area contributed by atoms with Gasteiger partial charge in [0.2, 0.25) is 11.8 Å². The number of carbonyl (C=O) groups is 2. The maximum atomic E-state index is 11.9. The Morgan fingerprint density at radius 2 is 1.81 bits per heavy atom. The van der Waals surface area contributed by atoms with Gasteiger partial charge in [0, 0.05) is 30.3 Å². The molecule has 3 N–H and O–H groups in total. The van der Waals surface area contributed by atoms with Crippen LogP contribution in [0.4, 0.5) is 0 Å². The summed E-state index contributed by atoms with van der Waals surface area (Å²) in [5, 5.41) is 14.3. The third-order valence-electron chi connectivity index (χ3n) is 3.80. The lowest BCUT2D eigenvalue weighted by Gasteiger charge is -2.07. The Kier molecular flexibility index (Phi) is 10.3. The van der Waals surface area contributed by atoms with E-state index in [1.807, 2.05) is 0 Å². The lowest BCUT2D eigenvalue weighted by molar-refractivity contribution is -0.118. The van der Waals surface area contributed by atoms with Crippen LogP contribution in [0.1, 0.15) is 25.3 Å². The van der Waals surface area contributed by atoms with E-state index in [-0.39, 0.29) is 18.4 Å². The second kappa shape index (κ2) is 12.5. The zero-order valence-corrected chi connectivity index (χ0v) is 16.1. The van der Waals surface area contributed by atoms with E-state index in [1.165, 1.54) is 12.2 Å². The van der Waals surface area contributed by atoms with Crippen molar-refractivity contribution in [3.05, 3.63) is 41.5 Å². The molecule has 0 saturated carbocycles. The van der Waals surface area contributed by atoms with E-state index in [2.05, 4.69) is 10.6 Å². The highest BCUT2D eigenvalue weighted by Gasteiger charge is 2.04. The van der Waals surface area contributed by atoms with Gasteiger partial charge in [0.25, 0.3) is 0 Å². The van der Waals surface area contributed by atoms with Crippen LogP contribution in [0.2, 0.25) is 0 Å². The molecule has 0 atom stereocenters. The molecule has 0 saturated heterocycles. The summed E-state index contributed by atoms with van der Waals surface area (Å²) in [5.41, 5.74) is 1.24. The first-order chi connectivity index (χ1) is 13.0. The number of aliphatic hydroxyl groups is 1. The minimum absolute atomic E-state index is 0.152. The van der Waals surface area contributed by atoms with Gasteiger partial charge in [0.05, 0.1) is 20.8 Å². The van der Waals surface area contributed by atoms with Crippen LogP contribution in [0.15, 0.2) is 35.9 Å². The van der Waals surface area contributed by atoms with Crippen molar-refractivity contribution in [2.75, 3.05) is 33.9 Å². The predicted molar refractivity (Wildman–Crippen MR) is 105 cm³/mol. The summed E-state index contributed by atoms with van der Waals surface area (Å²) in [5.74, 6) is 0.942. The quantitative estimate of drug-likeness (QED) is 0.403. The van der Waals surface area contributed by atoms with Crippen molar-refractivity contribution in [2.45, 2.75) is 19.8 Å². The van der Waals surface area contributed by atoms with Gasteiger partial charge in [-0.15, -0.1) is 0 Å². The van der Waals surface area contributed by atoms with Crippen LogP contribution >= 0.6 is 0 Å². The van der Waals surface area contributed by atoms with E-state index in [0.717, 1.165) is 18.4 Å². The SMILES string of the molecule is COc1ccc(OC)c(/C=C/C(=O)NCCCCNC(=O)/C(C)=C/CO)c1. The molecule has 0 unspecified atom stereocenters. The van der Waals surface area contributed by atoms with E-state index in [1.54, 1.807) is 45.4 Å². The third-order valence-corrected chi connectivity index (χ3v) is 3.80. The van der Waals surface area contributed by atoms with E-state index < -0.39 is 0 Å². The normalized spacial score (nSPS) is 11.3. The molecule has 0 fully saturated rings. The predicted octanol–water partition coefficient (Wildman–Crippen LogP) is 1.67. The zero-order chi connectivity index (χ0) is 20.1. The Labute approximate surface area is 160 Å². The van der Waals surface area contributed by atoms with Crippen LogP contribution in [0.3, 0.4) is 0 Å². The molecule has 27 heavy (non-hydrogen) atoms. The second-order valence-corrected chi connectivity index (χ2v) is 5.76. The molecule has 0 radical (unpaired) electrons. The highest BCUT2D eigenvalue weighted by Crippen LogP contribution is 2.24. The Morgan fingerprint density at radius 3 is 2.44 bits per heavy atom. The number of methoxy groups -OCH3 is 2. The summed E-state index contributed by atoms with van der Waals surface area (Å²) in [4.78, 5) is 23.5. The van der Waals surface area contributed by atoms with Gasteiger partial charge in [0.15, 0.2) is 0 Å². The standard InChI is InChI=1S/C20H28N2O5/c1-15(10-13-23)20(25)22-12-5-4-11-21-19(24)9-6-16-14-17(26-2)7-8-18(16)27-3/h6-10,14,23H,4-5,11-13H2,1-3H3,(H,21,24)(H,22,25)/b9-6+,15-10+. The van der Waals surface area contributed by atoms with Gasteiger partial charge in [-0.25, -0.2) is 0 Å². The summed E-state index contributed by atoms with van der Waals surface area (Å²) in [6, 6.07) is 5.36. The van der Waals surface area contributed by atoms with E-state index in [0.29, 0.717) is 30.2 Å². The first-order valence-corrected chi connectivity index (χ1v) is 8.75. The number of nitrogens with one attached hydrogen (secondary N) is 2. The monoisotopic (exact) mass is 376 g/mol. The number of aliphatic hydroxyl groups excluding tert-OH is 1. The molecule has 7 nitrogen and oxygen atoms in total. The average Bonchev–Trinajstić information content (AvgIpc) is 2.68. The van der Waals surface area contributed by atoms with E-state index in [9.17, 15) is 9.59 Å². The van der Waals surface area contributed by atoms with Gasteiger partial charge >= 0.3 is 0 Å². The van der Waals surface area contributed by atoms with Gasteiger partial charge in [-0.05, 0) is 44.0 Å². The second-order valence-electron chi connectivity index (χ2n) is 5.76. The number of amides is 2. The molecule has 0 aliphatic heterocycles. The molecular formula is C20H28N2O5. The van der Waals surface area contributed by atoms with Crippen LogP contribution in [-0.4, -0.2) is 50.8 Å². The zero-order valence-electron chi connectivity index (χ0n) is 16.1. The van der Waals surface area contributed by atoms with Gasteiger partial charge in [-0.1, -0.05) is 6.08 Å². The molecule has 148 valence electrons. The highest BCUT2D eigenvalue weighted by molar-refractivity contribution is 5.93. The fourth-order valence-electron chi connectivity index (χ4n) is 2.23. The Morgan fingerprint density at radius 1 is 1.11 bits per heavy atom. The van der Waals surface area contributed by atoms with Crippen molar-refractivity contribution < 1.29 is 24.2 Å². The topological polar surface area (TPSA) is 96.9 Å². The van der Waals surface area contributed by atoms with Crippen molar-refractivity contribution in [3.63, 3.8) is 0 Å². The van der Waals surface area contributed by atoms with Crippen molar-refractivity contribution in [2.24, 2.45) is 0 Å². The first kappa shape index (κ1) is 22.2. The van der Waals surface area contributed by atoms with Crippen molar-refractivity contribution in [3.8, 4) is 11.5 Å². The molecule has 0 spiro atoms. The van der Waals surface area contributed by atoms with Gasteiger partial charge in [-0.2, -0.15) is 0 Å². The Bertz CT molecular complexity index is 683. The molecular weight excluding hydrogens is 348 g/mol. The number of rotatable bonds is 11. The van der Waals surface area contributed by atoms with Crippen molar-refractivity contribution in [1.82, 2.24) is 10.6 Å².